The van der Waals surface area contributed by atoms with E-state index in [1.807, 2.05) is 0 Å². The molecule has 2 rings (SSSR count). The smallest absolute Gasteiger partial charge is 0.416 e. The van der Waals surface area contributed by atoms with E-state index in [9.17, 15) is 22.8 Å². The van der Waals surface area contributed by atoms with Crippen molar-refractivity contribution in [2.45, 2.75) is 59.4 Å². The minimum absolute atomic E-state index is 0.0249. The Hall–Kier alpha value is -2.84. The first kappa shape index (κ1) is 22.4. The van der Waals surface area contributed by atoms with Gasteiger partial charge in [0.25, 0.3) is 0 Å². The molecule has 0 saturated carbocycles. The summed E-state index contributed by atoms with van der Waals surface area (Å²) < 4.78 is 46.0. The highest BCUT2D eigenvalue weighted by atomic mass is 19.4. The van der Waals surface area contributed by atoms with Crippen LogP contribution in [0.15, 0.2) is 29.1 Å². The SMILES string of the molecule is Cc1cc(C)n(CCCC(=O)Nc2cc(C(F)(F)F)ccc2OC(C)C)c(=O)n1. The maximum atomic E-state index is 13.0. The highest BCUT2D eigenvalue weighted by Crippen LogP contribution is 2.35. The predicted molar refractivity (Wildman–Crippen MR) is 103 cm³/mol. The standard InChI is InChI=1S/C20H24F3N3O3/c1-12(2)29-17-8-7-15(20(21,22)23)11-16(17)25-18(27)6-5-9-26-14(4)10-13(3)24-19(26)28/h7-8,10-12H,5-6,9H2,1-4H3,(H,25,27). The molecular weight excluding hydrogens is 387 g/mol. The van der Waals surface area contributed by atoms with Gasteiger partial charge in [0.05, 0.1) is 17.4 Å². The van der Waals surface area contributed by atoms with E-state index in [0.717, 1.165) is 17.8 Å². The lowest BCUT2D eigenvalue weighted by Gasteiger charge is -2.17. The van der Waals surface area contributed by atoms with E-state index in [1.165, 1.54) is 10.6 Å². The van der Waals surface area contributed by atoms with Crippen molar-refractivity contribution in [3.8, 4) is 5.75 Å². The molecule has 0 bridgehead atoms. The van der Waals surface area contributed by atoms with Gasteiger partial charge in [-0.15, -0.1) is 0 Å². The molecule has 0 unspecified atom stereocenters. The number of carbonyl (C=O) groups is 1. The van der Waals surface area contributed by atoms with Gasteiger partial charge in [-0.2, -0.15) is 18.2 Å². The summed E-state index contributed by atoms with van der Waals surface area (Å²) >= 11 is 0. The number of amides is 1. The molecule has 0 aliphatic carbocycles. The fraction of sp³-hybridized carbons (Fsp3) is 0.450. The number of hydrogen-bond acceptors (Lipinski definition) is 4. The molecule has 1 N–H and O–H groups in total. The fourth-order valence-corrected chi connectivity index (χ4v) is 2.82. The Balaban J connectivity index is 2.08. The highest BCUT2D eigenvalue weighted by molar-refractivity contribution is 5.92. The maximum absolute atomic E-state index is 13.0. The van der Waals surface area contributed by atoms with Crippen molar-refractivity contribution in [1.29, 1.82) is 0 Å². The number of aromatic nitrogens is 2. The molecular formula is C20H24F3N3O3. The molecule has 0 aliphatic rings. The fourth-order valence-electron chi connectivity index (χ4n) is 2.82. The Morgan fingerprint density at radius 1 is 1.24 bits per heavy atom. The number of rotatable bonds is 7. The van der Waals surface area contributed by atoms with Gasteiger partial charge in [-0.1, -0.05) is 0 Å². The van der Waals surface area contributed by atoms with Crippen LogP contribution in [0.1, 0.15) is 43.6 Å². The van der Waals surface area contributed by atoms with Crippen LogP contribution in [0, 0.1) is 13.8 Å². The quantitative estimate of drug-likeness (QED) is 0.745. The van der Waals surface area contributed by atoms with Gasteiger partial charge < -0.3 is 10.1 Å². The normalized spacial score (nSPS) is 11.6. The molecule has 2 aromatic rings. The molecule has 1 heterocycles. The summed E-state index contributed by atoms with van der Waals surface area (Å²) in [6, 6.07) is 4.72. The van der Waals surface area contributed by atoms with Gasteiger partial charge >= 0.3 is 11.9 Å². The molecule has 1 aromatic heterocycles. The number of carbonyl (C=O) groups excluding carboxylic acids is 1. The van der Waals surface area contributed by atoms with Crippen LogP contribution in [0.2, 0.25) is 0 Å². The van der Waals surface area contributed by atoms with Gasteiger partial charge in [-0.05, 0) is 58.4 Å². The lowest BCUT2D eigenvalue weighted by molar-refractivity contribution is -0.137. The number of anilines is 1. The lowest BCUT2D eigenvalue weighted by atomic mass is 10.1. The van der Waals surface area contributed by atoms with E-state index in [0.29, 0.717) is 12.1 Å². The Morgan fingerprint density at radius 2 is 1.93 bits per heavy atom. The lowest BCUT2D eigenvalue weighted by Crippen LogP contribution is -2.26. The number of ether oxygens (including phenoxy) is 1. The van der Waals surface area contributed by atoms with Crippen molar-refractivity contribution in [3.63, 3.8) is 0 Å². The van der Waals surface area contributed by atoms with Crippen molar-refractivity contribution in [3.05, 3.63) is 51.7 Å². The predicted octanol–water partition coefficient (Wildman–Crippen LogP) is 4.09. The second-order valence-corrected chi connectivity index (χ2v) is 7.00. The zero-order chi connectivity index (χ0) is 21.8. The van der Waals surface area contributed by atoms with Gasteiger partial charge in [0.1, 0.15) is 5.75 Å². The summed E-state index contributed by atoms with van der Waals surface area (Å²) in [7, 11) is 0. The van der Waals surface area contributed by atoms with Gasteiger partial charge in [0, 0.05) is 24.4 Å². The number of halogens is 3. The van der Waals surface area contributed by atoms with E-state index in [1.54, 1.807) is 33.8 Å². The van der Waals surface area contributed by atoms with Gasteiger partial charge in [-0.25, -0.2) is 4.79 Å². The summed E-state index contributed by atoms with van der Waals surface area (Å²) in [5, 5.41) is 2.49. The summed E-state index contributed by atoms with van der Waals surface area (Å²) in [6.45, 7) is 7.24. The third kappa shape index (κ3) is 6.33. The molecule has 0 radical (unpaired) electrons. The third-order valence-electron chi connectivity index (χ3n) is 4.08. The van der Waals surface area contributed by atoms with Crippen molar-refractivity contribution >= 4 is 11.6 Å². The minimum atomic E-state index is -4.53. The van der Waals surface area contributed by atoms with Crippen LogP contribution in [0.3, 0.4) is 0 Å². The molecule has 29 heavy (non-hydrogen) atoms. The summed E-state index contributed by atoms with van der Waals surface area (Å²) in [6.07, 6.45) is -4.45. The van der Waals surface area contributed by atoms with E-state index < -0.39 is 23.3 Å². The number of alkyl halides is 3. The Labute approximate surface area is 166 Å². The van der Waals surface area contributed by atoms with Crippen LogP contribution >= 0.6 is 0 Å². The maximum Gasteiger partial charge on any atom is 0.416 e. The first-order chi connectivity index (χ1) is 13.5. The van der Waals surface area contributed by atoms with E-state index in [-0.39, 0.29) is 30.5 Å². The number of benzene rings is 1. The summed E-state index contributed by atoms with van der Waals surface area (Å²) in [5.41, 5.74) is 0.0335. The minimum Gasteiger partial charge on any atom is -0.489 e. The Morgan fingerprint density at radius 3 is 2.52 bits per heavy atom. The average molecular weight is 411 g/mol. The van der Waals surface area contributed by atoms with Crippen LogP contribution in [0.5, 0.6) is 5.75 Å². The molecule has 0 fully saturated rings. The highest BCUT2D eigenvalue weighted by Gasteiger charge is 2.31. The van der Waals surface area contributed by atoms with E-state index in [2.05, 4.69) is 10.3 Å². The zero-order valence-electron chi connectivity index (χ0n) is 16.8. The molecule has 0 saturated heterocycles. The molecule has 0 spiro atoms. The molecule has 158 valence electrons. The van der Waals surface area contributed by atoms with Crippen LogP contribution in [-0.4, -0.2) is 21.6 Å². The van der Waals surface area contributed by atoms with Crippen molar-refractivity contribution in [2.75, 3.05) is 5.32 Å². The summed E-state index contributed by atoms with van der Waals surface area (Å²) in [4.78, 5) is 28.1. The summed E-state index contributed by atoms with van der Waals surface area (Å²) in [5.74, 6) is -0.306. The van der Waals surface area contributed by atoms with E-state index in [4.69, 9.17) is 4.74 Å². The second-order valence-electron chi connectivity index (χ2n) is 7.00. The Kier molecular flexibility index (Phi) is 7.05. The van der Waals surface area contributed by atoms with E-state index >= 15 is 0 Å². The second kappa shape index (κ2) is 9.11. The van der Waals surface area contributed by atoms with Crippen molar-refractivity contribution in [2.24, 2.45) is 0 Å². The van der Waals surface area contributed by atoms with Crippen molar-refractivity contribution in [1.82, 2.24) is 9.55 Å². The number of nitrogens with zero attached hydrogens (tertiary/aromatic N) is 2. The third-order valence-corrected chi connectivity index (χ3v) is 4.08. The number of nitrogens with one attached hydrogen (secondary N) is 1. The van der Waals surface area contributed by atoms with Gasteiger partial charge in [0.2, 0.25) is 5.91 Å². The largest absolute Gasteiger partial charge is 0.489 e. The van der Waals surface area contributed by atoms with Crippen LogP contribution in [0.25, 0.3) is 0 Å². The number of aryl methyl sites for hydroxylation is 2. The van der Waals surface area contributed by atoms with Crippen LogP contribution < -0.4 is 15.7 Å². The van der Waals surface area contributed by atoms with Crippen LogP contribution in [0.4, 0.5) is 18.9 Å². The number of hydrogen-bond donors (Lipinski definition) is 1. The van der Waals surface area contributed by atoms with Crippen molar-refractivity contribution < 1.29 is 22.7 Å². The molecule has 9 heteroatoms. The average Bonchev–Trinajstić information content (AvgIpc) is 2.57. The zero-order valence-corrected chi connectivity index (χ0v) is 16.8. The monoisotopic (exact) mass is 411 g/mol. The van der Waals surface area contributed by atoms with Gasteiger partial charge in [-0.3, -0.25) is 9.36 Å². The topological polar surface area (TPSA) is 73.2 Å². The first-order valence-corrected chi connectivity index (χ1v) is 9.20. The Bertz CT molecular complexity index is 937. The van der Waals surface area contributed by atoms with Gasteiger partial charge in [0.15, 0.2) is 0 Å². The molecule has 1 amide bonds. The first-order valence-electron chi connectivity index (χ1n) is 9.20. The molecule has 0 aliphatic heterocycles. The molecule has 1 aromatic carbocycles. The molecule has 6 nitrogen and oxygen atoms in total. The molecule has 0 atom stereocenters. The van der Waals surface area contributed by atoms with Crippen LogP contribution in [-0.2, 0) is 17.5 Å².